The molecular weight excluding hydrogens is 246 g/mol. The molecule has 4 heteroatoms. The summed E-state index contributed by atoms with van der Waals surface area (Å²) in [6.07, 6.45) is 0. The lowest BCUT2D eigenvalue weighted by molar-refractivity contribution is 0.0702. The zero-order valence-corrected chi connectivity index (χ0v) is 11.2. The molecule has 3 nitrogen and oxygen atoms in total. The van der Waals surface area contributed by atoms with Crippen LogP contribution in [0.4, 0.5) is 11.4 Å². The first-order valence-electron chi connectivity index (χ1n) is 5.78. The van der Waals surface area contributed by atoms with Crippen LogP contribution >= 0.6 is 11.3 Å². The third-order valence-electron chi connectivity index (χ3n) is 2.77. The third-order valence-corrected chi connectivity index (χ3v) is 3.68. The summed E-state index contributed by atoms with van der Waals surface area (Å²) >= 11 is 1.26. The van der Waals surface area contributed by atoms with Crippen molar-refractivity contribution in [2.75, 3.05) is 11.4 Å². The number of rotatable bonds is 4. The maximum absolute atomic E-state index is 10.9. The number of hydrogen-bond donors (Lipinski definition) is 1. The van der Waals surface area contributed by atoms with Crippen LogP contribution in [0.3, 0.4) is 0 Å². The van der Waals surface area contributed by atoms with E-state index < -0.39 is 5.97 Å². The summed E-state index contributed by atoms with van der Waals surface area (Å²) in [4.78, 5) is 13.4. The molecule has 0 aliphatic heterocycles. The highest BCUT2D eigenvalue weighted by atomic mass is 32.1. The first-order valence-corrected chi connectivity index (χ1v) is 6.66. The van der Waals surface area contributed by atoms with Crippen molar-refractivity contribution in [1.82, 2.24) is 0 Å². The number of thiophene rings is 1. The van der Waals surface area contributed by atoms with Crippen LogP contribution in [0, 0.1) is 6.92 Å². The molecule has 0 atom stereocenters. The molecule has 0 radical (unpaired) electrons. The lowest BCUT2D eigenvalue weighted by atomic mass is 10.2. The van der Waals surface area contributed by atoms with Gasteiger partial charge in [-0.1, -0.05) is 17.7 Å². The molecule has 0 saturated carbocycles. The van der Waals surface area contributed by atoms with Gasteiger partial charge in [-0.15, -0.1) is 11.3 Å². The van der Waals surface area contributed by atoms with E-state index in [1.165, 1.54) is 16.9 Å². The van der Waals surface area contributed by atoms with E-state index in [9.17, 15) is 4.79 Å². The summed E-state index contributed by atoms with van der Waals surface area (Å²) in [7, 11) is 0. The number of carboxylic acid groups (broad SMARTS) is 1. The van der Waals surface area contributed by atoms with E-state index in [2.05, 4.69) is 36.1 Å². The fourth-order valence-electron chi connectivity index (χ4n) is 1.82. The van der Waals surface area contributed by atoms with Crippen LogP contribution in [0.25, 0.3) is 0 Å². The Labute approximate surface area is 110 Å². The van der Waals surface area contributed by atoms with Crippen LogP contribution in [-0.2, 0) is 0 Å². The van der Waals surface area contributed by atoms with Crippen molar-refractivity contribution in [3.63, 3.8) is 0 Å². The van der Waals surface area contributed by atoms with Crippen LogP contribution < -0.4 is 4.90 Å². The number of benzene rings is 1. The van der Waals surface area contributed by atoms with E-state index >= 15 is 0 Å². The van der Waals surface area contributed by atoms with Crippen LogP contribution in [0.2, 0.25) is 0 Å². The molecule has 2 rings (SSSR count). The number of carboxylic acids is 1. The van der Waals surface area contributed by atoms with Gasteiger partial charge in [0, 0.05) is 17.6 Å². The molecule has 1 N–H and O–H groups in total. The quantitative estimate of drug-likeness (QED) is 0.907. The minimum atomic E-state index is -0.869. The standard InChI is InChI=1S/C14H15NO2S/c1-3-15(11-6-4-10(2)5-7-11)12-8-13(14(16)17)18-9-12/h4-9H,3H2,1-2H3,(H,16,17). The summed E-state index contributed by atoms with van der Waals surface area (Å²) in [6.45, 7) is 4.91. The average molecular weight is 261 g/mol. The van der Waals surface area contributed by atoms with Crippen molar-refractivity contribution in [2.45, 2.75) is 13.8 Å². The highest BCUT2D eigenvalue weighted by molar-refractivity contribution is 7.12. The van der Waals surface area contributed by atoms with E-state index in [0.29, 0.717) is 4.88 Å². The molecule has 18 heavy (non-hydrogen) atoms. The first-order chi connectivity index (χ1) is 8.61. The van der Waals surface area contributed by atoms with Gasteiger partial charge in [0.1, 0.15) is 4.88 Å². The summed E-state index contributed by atoms with van der Waals surface area (Å²) in [5.41, 5.74) is 3.23. The van der Waals surface area contributed by atoms with Crippen molar-refractivity contribution in [3.8, 4) is 0 Å². The van der Waals surface area contributed by atoms with Gasteiger partial charge in [0.25, 0.3) is 0 Å². The molecule has 94 valence electrons. The number of carbonyl (C=O) groups is 1. The number of nitrogens with zero attached hydrogens (tertiary/aromatic N) is 1. The zero-order valence-electron chi connectivity index (χ0n) is 10.4. The topological polar surface area (TPSA) is 40.5 Å². The van der Waals surface area contributed by atoms with E-state index in [4.69, 9.17) is 5.11 Å². The molecular formula is C14H15NO2S. The molecule has 0 spiro atoms. The Balaban J connectivity index is 2.32. The summed E-state index contributed by atoms with van der Waals surface area (Å²) in [5.74, 6) is -0.869. The second-order valence-corrected chi connectivity index (χ2v) is 4.97. The van der Waals surface area contributed by atoms with Crippen molar-refractivity contribution >= 4 is 28.7 Å². The number of aryl methyl sites for hydroxylation is 1. The monoisotopic (exact) mass is 261 g/mol. The predicted molar refractivity (Wildman–Crippen MR) is 75.1 cm³/mol. The third kappa shape index (κ3) is 2.54. The second-order valence-electron chi connectivity index (χ2n) is 4.05. The van der Waals surface area contributed by atoms with Crippen LogP contribution in [0.5, 0.6) is 0 Å². The number of anilines is 2. The highest BCUT2D eigenvalue weighted by Gasteiger charge is 2.12. The smallest absolute Gasteiger partial charge is 0.345 e. The number of hydrogen-bond acceptors (Lipinski definition) is 3. The summed E-state index contributed by atoms with van der Waals surface area (Å²) in [6, 6.07) is 9.94. The molecule has 0 aliphatic rings. The Morgan fingerprint density at radius 2 is 1.94 bits per heavy atom. The van der Waals surface area contributed by atoms with Crippen molar-refractivity contribution in [3.05, 3.63) is 46.2 Å². The fourth-order valence-corrected chi connectivity index (χ4v) is 2.55. The molecule has 0 bridgehead atoms. The van der Waals surface area contributed by atoms with Gasteiger partial charge < -0.3 is 10.0 Å². The molecule has 0 unspecified atom stereocenters. The molecule has 2 aromatic rings. The fraction of sp³-hybridized carbons (Fsp3) is 0.214. The zero-order chi connectivity index (χ0) is 13.1. The molecule has 0 aliphatic carbocycles. The van der Waals surface area contributed by atoms with E-state index in [-0.39, 0.29) is 0 Å². The van der Waals surface area contributed by atoms with Crippen LogP contribution in [0.1, 0.15) is 22.2 Å². The van der Waals surface area contributed by atoms with Gasteiger partial charge in [-0.25, -0.2) is 4.79 Å². The Bertz CT molecular complexity index is 545. The van der Waals surface area contributed by atoms with Gasteiger partial charge >= 0.3 is 5.97 Å². The lowest BCUT2D eigenvalue weighted by Crippen LogP contribution is -2.15. The maximum atomic E-state index is 10.9. The predicted octanol–water partition coefficient (Wildman–Crippen LogP) is 3.91. The molecule has 1 heterocycles. The van der Waals surface area contributed by atoms with Crippen molar-refractivity contribution in [1.29, 1.82) is 0 Å². The van der Waals surface area contributed by atoms with Crippen molar-refractivity contribution < 1.29 is 9.90 Å². The SMILES string of the molecule is CCN(c1ccc(C)cc1)c1csc(C(=O)O)c1. The highest BCUT2D eigenvalue weighted by Crippen LogP contribution is 2.29. The maximum Gasteiger partial charge on any atom is 0.345 e. The largest absolute Gasteiger partial charge is 0.477 e. The average Bonchev–Trinajstić information content (AvgIpc) is 2.82. The Morgan fingerprint density at radius 1 is 1.28 bits per heavy atom. The normalized spacial score (nSPS) is 10.3. The molecule has 0 amide bonds. The van der Waals surface area contributed by atoms with Gasteiger partial charge in [0.15, 0.2) is 0 Å². The Kier molecular flexibility index (Phi) is 3.67. The van der Waals surface area contributed by atoms with Gasteiger partial charge in [-0.3, -0.25) is 0 Å². The number of aromatic carboxylic acids is 1. The van der Waals surface area contributed by atoms with Gasteiger partial charge in [-0.05, 0) is 32.0 Å². The minimum absolute atomic E-state index is 0.371. The Morgan fingerprint density at radius 3 is 2.44 bits per heavy atom. The summed E-state index contributed by atoms with van der Waals surface area (Å²) < 4.78 is 0. The first kappa shape index (κ1) is 12.6. The van der Waals surface area contributed by atoms with Gasteiger partial charge in [0.05, 0.1) is 5.69 Å². The minimum Gasteiger partial charge on any atom is -0.477 e. The lowest BCUT2D eigenvalue weighted by Gasteiger charge is -2.21. The van der Waals surface area contributed by atoms with E-state index in [1.54, 1.807) is 6.07 Å². The Hall–Kier alpha value is -1.81. The van der Waals surface area contributed by atoms with Gasteiger partial charge in [-0.2, -0.15) is 0 Å². The van der Waals surface area contributed by atoms with Crippen LogP contribution in [0.15, 0.2) is 35.7 Å². The van der Waals surface area contributed by atoms with Crippen LogP contribution in [-0.4, -0.2) is 17.6 Å². The van der Waals surface area contributed by atoms with E-state index in [0.717, 1.165) is 17.9 Å². The molecule has 0 fully saturated rings. The van der Waals surface area contributed by atoms with E-state index in [1.807, 2.05) is 12.3 Å². The van der Waals surface area contributed by atoms with Crippen molar-refractivity contribution in [2.24, 2.45) is 0 Å². The molecule has 1 aromatic heterocycles. The second kappa shape index (κ2) is 5.23. The molecule has 1 aromatic carbocycles. The van der Waals surface area contributed by atoms with Gasteiger partial charge in [0.2, 0.25) is 0 Å². The molecule has 0 saturated heterocycles. The summed E-state index contributed by atoms with van der Waals surface area (Å²) in [5, 5.41) is 10.8.